The first-order valence-electron chi connectivity index (χ1n) is 7.17. The summed E-state index contributed by atoms with van der Waals surface area (Å²) in [5, 5.41) is 13.4. The first-order valence-corrected chi connectivity index (χ1v) is 7.96. The summed E-state index contributed by atoms with van der Waals surface area (Å²) in [6.07, 6.45) is 2.38. The lowest BCUT2D eigenvalue weighted by molar-refractivity contribution is -0.138. The third-order valence-electron chi connectivity index (χ3n) is 3.89. The molecule has 1 aromatic rings. The van der Waals surface area contributed by atoms with E-state index in [1.165, 1.54) is 5.69 Å². The summed E-state index contributed by atoms with van der Waals surface area (Å²) in [5.74, 6) is -0.411. The number of nitrogens with zero attached hydrogens (tertiary/aromatic N) is 3. The third kappa shape index (κ3) is 3.61. The van der Waals surface area contributed by atoms with Gasteiger partial charge in [0, 0.05) is 26.1 Å². The molecule has 1 atom stereocenters. The molecule has 1 unspecified atom stereocenters. The highest BCUT2D eigenvalue weighted by Gasteiger charge is 2.24. The highest BCUT2D eigenvalue weighted by Crippen LogP contribution is 2.26. The van der Waals surface area contributed by atoms with E-state index in [0.29, 0.717) is 0 Å². The van der Waals surface area contributed by atoms with Crippen molar-refractivity contribution >= 4 is 21.9 Å². The molecule has 0 aromatic carbocycles. The van der Waals surface area contributed by atoms with E-state index < -0.39 is 5.97 Å². The second-order valence-electron chi connectivity index (χ2n) is 5.50. The highest BCUT2D eigenvalue weighted by atomic mass is 79.9. The summed E-state index contributed by atoms with van der Waals surface area (Å²) in [7, 11) is 0. The SMILES string of the molecule is CCn1nc(C)c(Br)c1CN1CCCC(CC(=O)O)C1. The number of piperidine rings is 1. The van der Waals surface area contributed by atoms with Gasteiger partial charge >= 0.3 is 5.97 Å². The maximum atomic E-state index is 10.9. The van der Waals surface area contributed by atoms with E-state index >= 15 is 0 Å². The molecule has 0 spiro atoms. The highest BCUT2D eigenvalue weighted by molar-refractivity contribution is 9.10. The Balaban J connectivity index is 2.04. The Morgan fingerprint density at radius 3 is 2.95 bits per heavy atom. The zero-order valence-corrected chi connectivity index (χ0v) is 13.7. The standard InChI is InChI=1S/C14H22BrN3O2/c1-3-18-12(14(15)10(2)16-18)9-17-6-4-5-11(8-17)7-13(19)20/h11H,3-9H2,1-2H3,(H,19,20). The van der Waals surface area contributed by atoms with Crippen molar-refractivity contribution < 1.29 is 9.90 Å². The number of aryl methyl sites for hydroxylation is 2. The number of likely N-dealkylation sites (tertiary alicyclic amines) is 1. The van der Waals surface area contributed by atoms with Crippen LogP contribution in [0.15, 0.2) is 4.47 Å². The lowest BCUT2D eigenvalue weighted by atomic mass is 9.95. The lowest BCUT2D eigenvalue weighted by Gasteiger charge is -2.32. The van der Waals surface area contributed by atoms with E-state index in [-0.39, 0.29) is 12.3 Å². The van der Waals surface area contributed by atoms with Gasteiger partial charge in [0.15, 0.2) is 0 Å². The van der Waals surface area contributed by atoms with Crippen molar-refractivity contribution in [1.29, 1.82) is 0 Å². The van der Waals surface area contributed by atoms with Crippen molar-refractivity contribution in [3.8, 4) is 0 Å². The summed E-state index contributed by atoms with van der Waals surface area (Å²) in [6, 6.07) is 0. The van der Waals surface area contributed by atoms with Gasteiger partial charge in [-0.2, -0.15) is 5.10 Å². The first kappa shape index (κ1) is 15.5. The van der Waals surface area contributed by atoms with Crippen LogP contribution in [0, 0.1) is 12.8 Å². The van der Waals surface area contributed by atoms with Crippen LogP contribution in [0.25, 0.3) is 0 Å². The van der Waals surface area contributed by atoms with Crippen molar-refractivity contribution in [2.45, 2.75) is 46.2 Å². The lowest BCUT2D eigenvalue weighted by Crippen LogP contribution is -2.36. The molecule has 1 N–H and O–H groups in total. The van der Waals surface area contributed by atoms with Crippen LogP contribution < -0.4 is 0 Å². The smallest absolute Gasteiger partial charge is 0.303 e. The number of aromatic nitrogens is 2. The van der Waals surface area contributed by atoms with E-state index in [1.807, 2.05) is 11.6 Å². The minimum absolute atomic E-state index is 0.277. The molecule has 6 heteroatoms. The number of rotatable bonds is 5. The molecule has 1 aromatic heterocycles. The Bertz CT molecular complexity index is 487. The molecule has 2 rings (SSSR count). The molecule has 0 amide bonds. The van der Waals surface area contributed by atoms with E-state index in [2.05, 4.69) is 32.9 Å². The quantitative estimate of drug-likeness (QED) is 0.892. The van der Waals surface area contributed by atoms with Gasteiger partial charge in [0.1, 0.15) is 0 Å². The number of hydrogen-bond acceptors (Lipinski definition) is 3. The molecule has 1 aliphatic heterocycles. The second-order valence-corrected chi connectivity index (χ2v) is 6.30. The number of hydrogen-bond donors (Lipinski definition) is 1. The Morgan fingerprint density at radius 2 is 2.30 bits per heavy atom. The molecule has 0 radical (unpaired) electrons. The van der Waals surface area contributed by atoms with Crippen molar-refractivity contribution in [1.82, 2.24) is 14.7 Å². The number of carboxylic acids is 1. The fraction of sp³-hybridized carbons (Fsp3) is 0.714. The van der Waals surface area contributed by atoms with Gasteiger partial charge in [-0.15, -0.1) is 0 Å². The zero-order chi connectivity index (χ0) is 14.7. The van der Waals surface area contributed by atoms with E-state index in [1.54, 1.807) is 0 Å². The summed E-state index contributed by atoms with van der Waals surface area (Å²) in [5.41, 5.74) is 2.21. The molecule has 0 aliphatic carbocycles. The second kappa shape index (κ2) is 6.72. The van der Waals surface area contributed by atoms with Crippen LogP contribution in [0.3, 0.4) is 0 Å². The Hall–Kier alpha value is -0.880. The van der Waals surface area contributed by atoms with E-state index in [0.717, 1.165) is 49.2 Å². The largest absolute Gasteiger partial charge is 0.481 e. The molecule has 0 bridgehead atoms. The molecule has 1 fully saturated rings. The van der Waals surface area contributed by atoms with Crippen molar-refractivity contribution in [2.75, 3.05) is 13.1 Å². The normalized spacial score (nSPS) is 20.2. The monoisotopic (exact) mass is 343 g/mol. The van der Waals surface area contributed by atoms with Gasteiger partial charge < -0.3 is 5.11 Å². The number of aliphatic carboxylic acids is 1. The Morgan fingerprint density at radius 1 is 1.55 bits per heavy atom. The molecule has 112 valence electrons. The summed E-state index contributed by atoms with van der Waals surface area (Å²) in [4.78, 5) is 13.2. The molecule has 1 aliphatic rings. The van der Waals surface area contributed by atoms with Crippen molar-refractivity contribution in [3.63, 3.8) is 0 Å². The van der Waals surface area contributed by atoms with Gasteiger partial charge in [-0.3, -0.25) is 14.4 Å². The van der Waals surface area contributed by atoms with Crippen LogP contribution in [0.2, 0.25) is 0 Å². The van der Waals surface area contributed by atoms with Crippen molar-refractivity contribution in [2.24, 2.45) is 5.92 Å². The number of carbonyl (C=O) groups is 1. The summed E-state index contributed by atoms with van der Waals surface area (Å²) >= 11 is 3.62. The van der Waals surface area contributed by atoms with Gasteiger partial charge in [-0.25, -0.2) is 0 Å². The molecule has 0 saturated carbocycles. The maximum absolute atomic E-state index is 10.9. The summed E-state index contributed by atoms with van der Waals surface area (Å²) < 4.78 is 3.11. The molecule has 5 nitrogen and oxygen atoms in total. The predicted molar refractivity (Wildman–Crippen MR) is 80.6 cm³/mol. The van der Waals surface area contributed by atoms with Crippen LogP contribution in [0.4, 0.5) is 0 Å². The Kier molecular flexibility index (Phi) is 5.21. The topological polar surface area (TPSA) is 58.4 Å². The first-order chi connectivity index (χ1) is 9.51. The van der Waals surface area contributed by atoms with Gasteiger partial charge in [0.2, 0.25) is 0 Å². The molecular formula is C14H22BrN3O2. The number of halogens is 1. The van der Waals surface area contributed by atoms with Gasteiger partial charge in [0.25, 0.3) is 0 Å². The minimum Gasteiger partial charge on any atom is -0.481 e. The van der Waals surface area contributed by atoms with Gasteiger partial charge in [-0.1, -0.05) is 0 Å². The zero-order valence-electron chi connectivity index (χ0n) is 12.1. The van der Waals surface area contributed by atoms with Gasteiger partial charge in [-0.05, 0) is 55.1 Å². The Labute approximate surface area is 128 Å². The average molecular weight is 344 g/mol. The molecular weight excluding hydrogens is 322 g/mol. The minimum atomic E-state index is -0.688. The third-order valence-corrected chi connectivity index (χ3v) is 4.92. The summed E-state index contributed by atoms with van der Waals surface area (Å²) in [6.45, 7) is 7.69. The van der Waals surface area contributed by atoms with Gasteiger partial charge in [0.05, 0.1) is 15.9 Å². The van der Waals surface area contributed by atoms with Crippen molar-refractivity contribution in [3.05, 3.63) is 15.9 Å². The maximum Gasteiger partial charge on any atom is 0.303 e. The van der Waals surface area contributed by atoms with Crippen LogP contribution in [0.5, 0.6) is 0 Å². The van der Waals surface area contributed by atoms with Crippen LogP contribution in [0.1, 0.15) is 37.6 Å². The van der Waals surface area contributed by atoms with Crippen LogP contribution >= 0.6 is 15.9 Å². The average Bonchev–Trinajstić information content (AvgIpc) is 2.66. The molecule has 2 heterocycles. The molecule has 1 saturated heterocycles. The number of carboxylic acid groups (broad SMARTS) is 1. The van der Waals surface area contributed by atoms with E-state index in [4.69, 9.17) is 5.11 Å². The fourth-order valence-electron chi connectivity index (χ4n) is 2.94. The fourth-order valence-corrected chi connectivity index (χ4v) is 3.35. The van der Waals surface area contributed by atoms with Crippen LogP contribution in [-0.4, -0.2) is 38.8 Å². The molecule has 20 heavy (non-hydrogen) atoms. The van der Waals surface area contributed by atoms with E-state index in [9.17, 15) is 4.79 Å². The predicted octanol–water partition coefficient (Wildman–Crippen LogP) is 2.66. The van der Waals surface area contributed by atoms with Crippen LogP contribution in [-0.2, 0) is 17.9 Å².